The second-order valence-electron chi connectivity index (χ2n) is 6.69. The summed E-state index contributed by atoms with van der Waals surface area (Å²) in [7, 11) is -3.76. The molecule has 0 bridgehead atoms. The molecule has 1 heterocycles. The third-order valence-electron chi connectivity index (χ3n) is 4.78. The van der Waals surface area contributed by atoms with Crippen LogP contribution in [0.15, 0.2) is 52.4 Å². The highest BCUT2D eigenvalue weighted by Crippen LogP contribution is 2.32. The van der Waals surface area contributed by atoms with Crippen LogP contribution < -0.4 is 5.14 Å². The van der Waals surface area contributed by atoms with Crippen molar-refractivity contribution < 1.29 is 18.0 Å². The number of hydrogen-bond donors (Lipinski definition) is 1. The number of aryl methyl sites for hydroxylation is 2. The summed E-state index contributed by atoms with van der Waals surface area (Å²) in [6, 6.07) is 11.5. The Kier molecular flexibility index (Phi) is 5.43. The monoisotopic (exact) mass is 418 g/mol. The number of halogens is 1. The van der Waals surface area contributed by atoms with E-state index in [1.165, 1.54) is 12.1 Å². The van der Waals surface area contributed by atoms with Crippen molar-refractivity contribution in [1.29, 1.82) is 0 Å². The lowest BCUT2D eigenvalue weighted by atomic mass is 10.0. The van der Waals surface area contributed by atoms with Crippen LogP contribution >= 0.6 is 11.6 Å². The minimum Gasteiger partial charge on any atom is -0.273 e. The van der Waals surface area contributed by atoms with Crippen LogP contribution in [-0.2, 0) is 26.0 Å². The van der Waals surface area contributed by atoms with Crippen molar-refractivity contribution >= 4 is 39.0 Å². The Morgan fingerprint density at radius 3 is 2.18 bits per heavy atom. The van der Waals surface area contributed by atoms with E-state index in [1.807, 2.05) is 26.0 Å². The molecule has 0 fully saturated rings. The van der Waals surface area contributed by atoms with Gasteiger partial charge in [-0.2, -0.15) is 0 Å². The molecule has 2 aromatic carbocycles. The molecule has 0 unspecified atom stereocenters. The lowest BCUT2D eigenvalue weighted by Crippen LogP contribution is -2.33. The first kappa shape index (κ1) is 20.3. The highest BCUT2D eigenvalue weighted by atomic mass is 35.5. The van der Waals surface area contributed by atoms with Crippen molar-refractivity contribution in [3.63, 3.8) is 0 Å². The van der Waals surface area contributed by atoms with Crippen LogP contribution in [0.25, 0.3) is 5.57 Å². The summed E-state index contributed by atoms with van der Waals surface area (Å²) in [5.74, 6) is -0.958. The topological polar surface area (TPSA) is 97.5 Å². The maximum Gasteiger partial charge on any atom is 0.273 e. The van der Waals surface area contributed by atoms with Crippen LogP contribution in [0, 0.1) is 13.8 Å². The first-order chi connectivity index (χ1) is 13.1. The Morgan fingerprint density at radius 2 is 1.61 bits per heavy atom. The fourth-order valence-electron chi connectivity index (χ4n) is 2.98. The smallest absolute Gasteiger partial charge is 0.273 e. The molecule has 2 amide bonds. The average Bonchev–Trinajstić information content (AvgIpc) is 2.84. The van der Waals surface area contributed by atoms with E-state index in [1.54, 1.807) is 18.2 Å². The van der Waals surface area contributed by atoms with Gasteiger partial charge < -0.3 is 0 Å². The van der Waals surface area contributed by atoms with Gasteiger partial charge in [0, 0.05) is 6.54 Å². The first-order valence-electron chi connectivity index (χ1n) is 8.55. The summed E-state index contributed by atoms with van der Waals surface area (Å²) in [5, 5.41) is 4.99. The molecule has 0 aromatic heterocycles. The number of sulfonamides is 1. The zero-order chi connectivity index (χ0) is 20.6. The molecule has 2 aromatic rings. The van der Waals surface area contributed by atoms with Crippen LogP contribution in [0.2, 0.25) is 0 Å². The van der Waals surface area contributed by atoms with Gasteiger partial charge in [0.15, 0.2) is 0 Å². The number of benzene rings is 2. The van der Waals surface area contributed by atoms with Gasteiger partial charge in [0.25, 0.3) is 11.8 Å². The van der Waals surface area contributed by atoms with Gasteiger partial charge in [0.1, 0.15) is 5.03 Å². The van der Waals surface area contributed by atoms with E-state index in [0.717, 1.165) is 21.6 Å². The number of amides is 2. The number of imide groups is 1. The second-order valence-corrected chi connectivity index (χ2v) is 8.63. The second kappa shape index (κ2) is 7.50. The largest absolute Gasteiger partial charge is 0.273 e. The zero-order valence-corrected chi connectivity index (χ0v) is 17.0. The third-order valence-corrected chi connectivity index (χ3v) is 6.06. The fourth-order valence-corrected chi connectivity index (χ4v) is 3.79. The van der Waals surface area contributed by atoms with Crippen molar-refractivity contribution in [2.75, 3.05) is 6.54 Å². The molecule has 8 heteroatoms. The van der Waals surface area contributed by atoms with Crippen LogP contribution in [0.3, 0.4) is 0 Å². The van der Waals surface area contributed by atoms with Gasteiger partial charge in [0.05, 0.1) is 10.5 Å². The molecule has 0 saturated heterocycles. The molecule has 2 N–H and O–H groups in total. The van der Waals surface area contributed by atoms with E-state index < -0.39 is 21.8 Å². The molecule has 1 aliphatic heterocycles. The number of hydrogen-bond acceptors (Lipinski definition) is 4. The molecule has 146 valence electrons. The van der Waals surface area contributed by atoms with Crippen molar-refractivity contribution in [3.8, 4) is 0 Å². The van der Waals surface area contributed by atoms with Crippen LogP contribution in [-0.4, -0.2) is 31.7 Å². The first-order valence-corrected chi connectivity index (χ1v) is 10.5. The maximum absolute atomic E-state index is 12.8. The SMILES string of the molecule is Cc1ccc(C2=C(Cl)C(=O)N(CCc3ccc(S(N)(=O)=O)cc3)C2=O)cc1C. The zero-order valence-electron chi connectivity index (χ0n) is 15.4. The van der Waals surface area contributed by atoms with Gasteiger partial charge in [-0.25, -0.2) is 13.6 Å². The highest BCUT2D eigenvalue weighted by molar-refractivity contribution is 7.89. The van der Waals surface area contributed by atoms with Gasteiger partial charge >= 0.3 is 0 Å². The van der Waals surface area contributed by atoms with Crippen molar-refractivity contribution in [2.45, 2.75) is 25.2 Å². The summed E-state index contributed by atoms with van der Waals surface area (Å²) >= 11 is 6.18. The molecule has 0 saturated carbocycles. The number of nitrogens with zero attached hydrogens (tertiary/aromatic N) is 1. The number of primary sulfonamides is 1. The molecule has 0 spiro atoms. The Morgan fingerprint density at radius 1 is 0.964 bits per heavy atom. The number of carbonyl (C=O) groups excluding carboxylic acids is 2. The Balaban J connectivity index is 1.77. The normalized spacial score (nSPS) is 14.9. The van der Waals surface area contributed by atoms with E-state index >= 15 is 0 Å². The van der Waals surface area contributed by atoms with Crippen LogP contribution in [0.1, 0.15) is 22.3 Å². The lowest BCUT2D eigenvalue weighted by Gasteiger charge is -2.15. The Bertz CT molecular complexity index is 1110. The maximum atomic E-state index is 12.8. The third kappa shape index (κ3) is 3.87. The van der Waals surface area contributed by atoms with E-state index in [4.69, 9.17) is 16.7 Å². The minimum atomic E-state index is -3.76. The standard InChI is InChI=1S/C20H19ClN2O4S/c1-12-3-6-15(11-13(12)2)17-18(21)20(25)23(19(17)24)10-9-14-4-7-16(8-5-14)28(22,26)27/h3-8,11H,9-10H2,1-2H3,(H2,22,26,27). The molecule has 0 atom stereocenters. The molecule has 3 rings (SSSR count). The van der Waals surface area contributed by atoms with Crippen molar-refractivity contribution in [2.24, 2.45) is 5.14 Å². The van der Waals surface area contributed by atoms with Gasteiger partial charge in [0.2, 0.25) is 10.0 Å². The van der Waals surface area contributed by atoms with E-state index in [-0.39, 0.29) is 22.0 Å². The lowest BCUT2D eigenvalue weighted by molar-refractivity contribution is -0.136. The van der Waals surface area contributed by atoms with E-state index in [2.05, 4.69) is 0 Å². The van der Waals surface area contributed by atoms with E-state index in [0.29, 0.717) is 12.0 Å². The summed E-state index contributed by atoms with van der Waals surface area (Å²) in [5.41, 5.74) is 3.68. The number of nitrogens with two attached hydrogens (primary N) is 1. The fraction of sp³-hybridized carbons (Fsp3) is 0.200. The van der Waals surface area contributed by atoms with Crippen molar-refractivity contribution in [1.82, 2.24) is 4.90 Å². The molecule has 1 aliphatic rings. The molecule has 6 nitrogen and oxygen atoms in total. The predicted octanol–water partition coefficient (Wildman–Crippen LogP) is 2.51. The molecule has 0 radical (unpaired) electrons. The summed E-state index contributed by atoms with van der Waals surface area (Å²) in [6.45, 7) is 4.03. The van der Waals surface area contributed by atoms with Gasteiger partial charge in [-0.05, 0) is 54.7 Å². The molecular formula is C20H19ClN2O4S. The summed E-state index contributed by atoms with van der Waals surface area (Å²) in [6.07, 6.45) is 0.368. The predicted molar refractivity (Wildman–Crippen MR) is 107 cm³/mol. The van der Waals surface area contributed by atoms with Gasteiger partial charge in [-0.3, -0.25) is 14.5 Å². The molecule has 28 heavy (non-hydrogen) atoms. The number of carbonyl (C=O) groups is 2. The van der Waals surface area contributed by atoms with Crippen LogP contribution in [0.5, 0.6) is 0 Å². The molecule has 0 aliphatic carbocycles. The quantitative estimate of drug-likeness (QED) is 0.754. The van der Waals surface area contributed by atoms with Crippen molar-refractivity contribution in [3.05, 3.63) is 69.8 Å². The van der Waals surface area contributed by atoms with Crippen LogP contribution in [0.4, 0.5) is 0 Å². The van der Waals surface area contributed by atoms with Gasteiger partial charge in [-0.1, -0.05) is 41.9 Å². The Labute approximate surface area is 168 Å². The number of rotatable bonds is 5. The molecular weight excluding hydrogens is 400 g/mol. The minimum absolute atomic E-state index is 0.00585. The summed E-state index contributed by atoms with van der Waals surface area (Å²) < 4.78 is 22.6. The highest BCUT2D eigenvalue weighted by Gasteiger charge is 2.37. The average molecular weight is 419 g/mol. The summed E-state index contributed by atoms with van der Waals surface area (Å²) in [4.78, 5) is 26.4. The van der Waals surface area contributed by atoms with E-state index in [9.17, 15) is 18.0 Å². The van der Waals surface area contributed by atoms with Gasteiger partial charge in [-0.15, -0.1) is 0 Å². The Hall–Kier alpha value is -2.48.